The van der Waals surface area contributed by atoms with E-state index < -0.39 is 4.92 Å². The molecule has 0 amide bonds. The lowest BCUT2D eigenvalue weighted by molar-refractivity contribution is -0.384. The van der Waals surface area contributed by atoms with Crippen molar-refractivity contribution < 1.29 is 4.92 Å². The second kappa shape index (κ2) is 5.58. The maximum absolute atomic E-state index is 10.6. The summed E-state index contributed by atoms with van der Waals surface area (Å²) in [7, 11) is 0. The zero-order valence-electron chi connectivity index (χ0n) is 11.2. The number of non-ortho nitro benzene ring substituents is 1. The lowest BCUT2D eigenvalue weighted by atomic mass is 10.1. The third-order valence-electron chi connectivity index (χ3n) is 3.28. The van der Waals surface area contributed by atoms with Gasteiger partial charge in [-0.3, -0.25) is 15.1 Å². The van der Waals surface area contributed by atoms with Crippen molar-refractivity contribution >= 4 is 22.3 Å². The van der Waals surface area contributed by atoms with Crippen LogP contribution in [0.2, 0.25) is 0 Å². The lowest BCUT2D eigenvalue weighted by Crippen LogP contribution is -2.00. The van der Waals surface area contributed by atoms with Gasteiger partial charge in [-0.05, 0) is 29.8 Å². The predicted molar refractivity (Wildman–Crippen MR) is 82.2 cm³/mol. The molecule has 3 aromatic rings. The molecule has 0 bridgehead atoms. The molecule has 0 aliphatic carbocycles. The van der Waals surface area contributed by atoms with Gasteiger partial charge in [0, 0.05) is 35.9 Å². The van der Waals surface area contributed by atoms with Gasteiger partial charge >= 0.3 is 0 Å². The summed E-state index contributed by atoms with van der Waals surface area (Å²) in [6.45, 7) is 0.603. The Balaban J connectivity index is 1.79. The highest BCUT2D eigenvalue weighted by Gasteiger charge is 2.04. The van der Waals surface area contributed by atoms with Gasteiger partial charge in [-0.15, -0.1) is 0 Å². The molecule has 0 unspecified atom stereocenters. The number of anilines is 1. The summed E-state index contributed by atoms with van der Waals surface area (Å²) in [6, 6.07) is 16.4. The molecule has 1 heterocycles. The molecule has 0 saturated heterocycles. The van der Waals surface area contributed by atoms with Crippen molar-refractivity contribution in [3.8, 4) is 0 Å². The van der Waals surface area contributed by atoms with Crippen LogP contribution in [0, 0.1) is 10.1 Å². The summed E-state index contributed by atoms with van der Waals surface area (Å²) in [5.41, 5.74) is 3.03. The first-order valence-electron chi connectivity index (χ1n) is 6.55. The summed E-state index contributed by atoms with van der Waals surface area (Å²) >= 11 is 0. The second-order valence-electron chi connectivity index (χ2n) is 4.65. The molecule has 2 aromatic carbocycles. The van der Waals surface area contributed by atoms with Crippen molar-refractivity contribution in [3.05, 3.63) is 76.5 Å². The van der Waals surface area contributed by atoms with Crippen LogP contribution in [0.1, 0.15) is 5.56 Å². The fourth-order valence-corrected chi connectivity index (χ4v) is 2.19. The summed E-state index contributed by atoms with van der Waals surface area (Å²) in [5, 5.41) is 15.0. The third-order valence-corrected chi connectivity index (χ3v) is 3.28. The number of benzene rings is 2. The van der Waals surface area contributed by atoms with E-state index in [0.717, 1.165) is 22.2 Å². The molecule has 5 heteroatoms. The molecular weight excluding hydrogens is 266 g/mol. The van der Waals surface area contributed by atoms with Crippen molar-refractivity contribution in [1.29, 1.82) is 0 Å². The van der Waals surface area contributed by atoms with Crippen LogP contribution < -0.4 is 5.32 Å². The van der Waals surface area contributed by atoms with Crippen LogP contribution in [0.4, 0.5) is 11.4 Å². The van der Waals surface area contributed by atoms with E-state index in [4.69, 9.17) is 0 Å². The normalized spacial score (nSPS) is 10.5. The van der Waals surface area contributed by atoms with E-state index >= 15 is 0 Å². The van der Waals surface area contributed by atoms with Crippen LogP contribution in [0.25, 0.3) is 10.9 Å². The van der Waals surface area contributed by atoms with E-state index in [1.165, 1.54) is 12.1 Å². The van der Waals surface area contributed by atoms with Gasteiger partial charge in [0.15, 0.2) is 0 Å². The van der Waals surface area contributed by atoms with Gasteiger partial charge in [-0.1, -0.05) is 18.2 Å². The average Bonchev–Trinajstić information content (AvgIpc) is 2.53. The molecule has 104 valence electrons. The first kappa shape index (κ1) is 13.1. The number of fused-ring (bicyclic) bond motifs is 1. The molecular formula is C16H13N3O2. The maximum Gasteiger partial charge on any atom is 0.269 e. The highest BCUT2D eigenvalue weighted by Crippen LogP contribution is 2.22. The number of aromatic nitrogens is 1. The Hall–Kier alpha value is -2.95. The molecule has 0 aliphatic heterocycles. The number of nitro groups is 1. The summed E-state index contributed by atoms with van der Waals surface area (Å²) in [4.78, 5) is 14.5. The monoisotopic (exact) mass is 279 g/mol. The van der Waals surface area contributed by atoms with E-state index in [-0.39, 0.29) is 5.69 Å². The molecule has 0 aliphatic rings. The standard InChI is InChI=1S/C16H13N3O2/c20-19(21)13-8-6-12(7-9-13)11-18-16-5-1-4-15-14(16)3-2-10-17-15/h1-10,18H,11H2. The molecule has 0 spiro atoms. The molecule has 21 heavy (non-hydrogen) atoms. The third kappa shape index (κ3) is 2.81. The van der Waals surface area contributed by atoms with Crippen LogP contribution in [-0.2, 0) is 6.54 Å². The molecule has 5 nitrogen and oxygen atoms in total. The van der Waals surface area contributed by atoms with Crippen molar-refractivity contribution in [3.63, 3.8) is 0 Å². The van der Waals surface area contributed by atoms with E-state index in [0.29, 0.717) is 6.54 Å². The van der Waals surface area contributed by atoms with E-state index in [1.54, 1.807) is 18.3 Å². The molecule has 3 rings (SSSR count). The van der Waals surface area contributed by atoms with Crippen LogP contribution >= 0.6 is 0 Å². The summed E-state index contributed by atoms with van der Waals surface area (Å²) in [5.74, 6) is 0. The Labute approximate surface area is 121 Å². The second-order valence-corrected chi connectivity index (χ2v) is 4.65. The molecule has 0 radical (unpaired) electrons. The number of nitrogens with one attached hydrogen (secondary N) is 1. The van der Waals surface area contributed by atoms with Gasteiger partial charge in [0.2, 0.25) is 0 Å². The first-order valence-corrected chi connectivity index (χ1v) is 6.55. The zero-order chi connectivity index (χ0) is 14.7. The fraction of sp³-hybridized carbons (Fsp3) is 0.0625. The quantitative estimate of drug-likeness (QED) is 0.583. The highest BCUT2D eigenvalue weighted by molar-refractivity contribution is 5.91. The number of pyridine rings is 1. The summed E-state index contributed by atoms with van der Waals surface area (Å²) in [6.07, 6.45) is 1.77. The highest BCUT2D eigenvalue weighted by atomic mass is 16.6. The Morgan fingerprint density at radius 1 is 1.05 bits per heavy atom. The van der Waals surface area contributed by atoms with Gasteiger partial charge in [0.25, 0.3) is 5.69 Å². The smallest absolute Gasteiger partial charge is 0.269 e. The van der Waals surface area contributed by atoms with Crippen molar-refractivity contribution in [1.82, 2.24) is 4.98 Å². The SMILES string of the molecule is O=[N+]([O-])c1ccc(CNc2cccc3ncccc23)cc1. The zero-order valence-corrected chi connectivity index (χ0v) is 11.2. The van der Waals surface area contributed by atoms with Crippen LogP contribution in [-0.4, -0.2) is 9.91 Å². The van der Waals surface area contributed by atoms with Gasteiger partial charge in [-0.25, -0.2) is 0 Å². The number of rotatable bonds is 4. The Morgan fingerprint density at radius 3 is 2.62 bits per heavy atom. The lowest BCUT2D eigenvalue weighted by Gasteiger charge is -2.09. The van der Waals surface area contributed by atoms with E-state index in [1.807, 2.05) is 30.3 Å². The van der Waals surface area contributed by atoms with Crippen molar-refractivity contribution in [2.45, 2.75) is 6.54 Å². The maximum atomic E-state index is 10.6. The Kier molecular flexibility index (Phi) is 3.47. The minimum Gasteiger partial charge on any atom is -0.380 e. The number of hydrogen-bond acceptors (Lipinski definition) is 4. The van der Waals surface area contributed by atoms with Crippen molar-refractivity contribution in [2.24, 2.45) is 0 Å². The van der Waals surface area contributed by atoms with Gasteiger partial charge in [-0.2, -0.15) is 0 Å². The molecule has 1 N–H and O–H groups in total. The van der Waals surface area contributed by atoms with Gasteiger partial charge < -0.3 is 5.32 Å². The molecule has 1 aromatic heterocycles. The minimum absolute atomic E-state index is 0.105. The van der Waals surface area contributed by atoms with Crippen LogP contribution in [0.5, 0.6) is 0 Å². The van der Waals surface area contributed by atoms with Crippen LogP contribution in [0.3, 0.4) is 0 Å². The summed E-state index contributed by atoms with van der Waals surface area (Å²) < 4.78 is 0. The van der Waals surface area contributed by atoms with E-state index in [9.17, 15) is 10.1 Å². The van der Waals surface area contributed by atoms with Crippen LogP contribution in [0.15, 0.2) is 60.8 Å². The molecule has 0 fully saturated rings. The average molecular weight is 279 g/mol. The van der Waals surface area contributed by atoms with Crippen molar-refractivity contribution in [2.75, 3.05) is 5.32 Å². The predicted octanol–water partition coefficient (Wildman–Crippen LogP) is 3.76. The molecule has 0 atom stereocenters. The largest absolute Gasteiger partial charge is 0.380 e. The molecule has 0 saturated carbocycles. The fourth-order valence-electron chi connectivity index (χ4n) is 2.19. The number of nitrogens with zero attached hydrogens (tertiary/aromatic N) is 2. The van der Waals surface area contributed by atoms with Gasteiger partial charge in [0.05, 0.1) is 10.4 Å². The minimum atomic E-state index is -0.395. The first-order chi connectivity index (χ1) is 10.2. The Bertz CT molecular complexity index is 780. The topological polar surface area (TPSA) is 68.1 Å². The number of hydrogen-bond donors (Lipinski definition) is 1. The van der Waals surface area contributed by atoms with E-state index in [2.05, 4.69) is 10.3 Å². The Morgan fingerprint density at radius 2 is 1.86 bits per heavy atom. The number of nitro benzene ring substituents is 1. The van der Waals surface area contributed by atoms with Gasteiger partial charge in [0.1, 0.15) is 0 Å².